The summed E-state index contributed by atoms with van der Waals surface area (Å²) in [5, 5.41) is 5.29. The molecule has 1 amide bonds. The number of fused-ring (bicyclic) bond motifs is 1. The minimum atomic E-state index is 0.0813. The van der Waals surface area contributed by atoms with E-state index < -0.39 is 0 Å². The summed E-state index contributed by atoms with van der Waals surface area (Å²) in [4.78, 5) is 25.3. The van der Waals surface area contributed by atoms with Crippen LogP contribution in [-0.2, 0) is 4.79 Å². The number of hydrogen-bond acceptors (Lipinski definition) is 6. The van der Waals surface area contributed by atoms with Gasteiger partial charge in [-0.15, -0.1) is 0 Å². The Balaban J connectivity index is 1.09. The first-order chi connectivity index (χ1) is 15.3. The van der Waals surface area contributed by atoms with Gasteiger partial charge < -0.3 is 15.0 Å². The van der Waals surface area contributed by atoms with Crippen LogP contribution in [0.5, 0.6) is 5.75 Å². The zero-order chi connectivity index (χ0) is 21.3. The van der Waals surface area contributed by atoms with Gasteiger partial charge in [-0.1, -0.05) is 36.4 Å². The number of anilines is 1. The van der Waals surface area contributed by atoms with Crippen LogP contribution in [0.3, 0.4) is 0 Å². The second-order valence-electron chi connectivity index (χ2n) is 7.66. The molecule has 4 rings (SSSR count). The van der Waals surface area contributed by atoms with Gasteiger partial charge in [0.2, 0.25) is 11.9 Å². The van der Waals surface area contributed by atoms with E-state index in [2.05, 4.69) is 43.3 Å². The van der Waals surface area contributed by atoms with Crippen molar-refractivity contribution in [2.24, 2.45) is 0 Å². The lowest BCUT2D eigenvalue weighted by Crippen LogP contribution is -2.49. The average molecular weight is 420 g/mol. The maximum absolute atomic E-state index is 12.1. The molecule has 1 N–H and O–H groups in total. The van der Waals surface area contributed by atoms with Gasteiger partial charge in [0.05, 0.1) is 6.61 Å². The number of hydrogen-bond donors (Lipinski definition) is 1. The van der Waals surface area contributed by atoms with Gasteiger partial charge in [0, 0.05) is 63.5 Å². The zero-order valence-corrected chi connectivity index (χ0v) is 17.7. The maximum atomic E-state index is 12.1. The van der Waals surface area contributed by atoms with Crippen molar-refractivity contribution in [2.45, 2.75) is 12.8 Å². The SMILES string of the molecule is O=C(CCCOc1cccc2ccccc12)NCCN1CCN(c2ncccn2)CC1. The highest BCUT2D eigenvalue weighted by molar-refractivity contribution is 5.88. The van der Waals surface area contributed by atoms with Gasteiger partial charge in [-0.2, -0.15) is 0 Å². The number of ether oxygens (including phenoxy) is 1. The van der Waals surface area contributed by atoms with E-state index in [-0.39, 0.29) is 5.91 Å². The number of aromatic nitrogens is 2. The summed E-state index contributed by atoms with van der Waals surface area (Å²) in [6, 6.07) is 16.0. The number of piperazine rings is 1. The van der Waals surface area contributed by atoms with Crippen molar-refractivity contribution >= 4 is 22.6 Å². The van der Waals surface area contributed by atoms with Crippen LogP contribution < -0.4 is 15.0 Å². The van der Waals surface area contributed by atoms with Crippen molar-refractivity contribution in [2.75, 3.05) is 50.8 Å². The van der Waals surface area contributed by atoms with Crippen molar-refractivity contribution in [3.8, 4) is 5.75 Å². The topological polar surface area (TPSA) is 70.6 Å². The van der Waals surface area contributed by atoms with Crippen molar-refractivity contribution < 1.29 is 9.53 Å². The maximum Gasteiger partial charge on any atom is 0.225 e. The van der Waals surface area contributed by atoms with Crippen LogP contribution >= 0.6 is 0 Å². The number of rotatable bonds is 9. The zero-order valence-electron chi connectivity index (χ0n) is 17.7. The van der Waals surface area contributed by atoms with Crippen LogP contribution in [0.2, 0.25) is 0 Å². The minimum absolute atomic E-state index is 0.0813. The summed E-state index contributed by atoms with van der Waals surface area (Å²) < 4.78 is 5.91. The molecule has 1 aromatic heterocycles. The van der Waals surface area contributed by atoms with Gasteiger partial charge in [0.1, 0.15) is 5.75 Å². The van der Waals surface area contributed by atoms with E-state index in [0.717, 1.165) is 55.2 Å². The van der Waals surface area contributed by atoms with Gasteiger partial charge in [0.25, 0.3) is 0 Å². The van der Waals surface area contributed by atoms with Crippen molar-refractivity contribution in [1.29, 1.82) is 0 Å². The van der Waals surface area contributed by atoms with Gasteiger partial charge in [0.15, 0.2) is 0 Å². The Bertz CT molecular complexity index is 969. The molecule has 7 nitrogen and oxygen atoms in total. The first-order valence-electron chi connectivity index (χ1n) is 10.9. The van der Waals surface area contributed by atoms with Crippen LogP contribution in [0.4, 0.5) is 5.95 Å². The standard InChI is InChI=1S/C24H29N5O2/c30-23(10-4-19-31-22-9-3-7-20-6-1-2-8-21(20)22)25-13-14-28-15-17-29(18-16-28)24-26-11-5-12-27-24/h1-3,5-9,11-12H,4,10,13-19H2,(H,25,30). The molecule has 0 unspecified atom stereocenters. The number of nitrogens with one attached hydrogen (secondary N) is 1. The fraction of sp³-hybridized carbons (Fsp3) is 0.375. The Hall–Kier alpha value is -3.19. The fourth-order valence-corrected chi connectivity index (χ4v) is 3.80. The van der Waals surface area contributed by atoms with Crippen molar-refractivity contribution in [3.63, 3.8) is 0 Å². The molecule has 31 heavy (non-hydrogen) atoms. The highest BCUT2D eigenvalue weighted by Gasteiger charge is 2.18. The monoisotopic (exact) mass is 419 g/mol. The van der Waals surface area contributed by atoms with Crippen LogP contribution in [0, 0.1) is 0 Å². The molecule has 0 bridgehead atoms. The Kier molecular flexibility index (Phi) is 7.28. The molecule has 7 heteroatoms. The molecule has 0 aliphatic carbocycles. The molecule has 2 heterocycles. The summed E-state index contributed by atoms with van der Waals surface area (Å²) in [6.07, 6.45) is 4.73. The van der Waals surface area contributed by atoms with Gasteiger partial charge >= 0.3 is 0 Å². The molecule has 0 saturated carbocycles. The smallest absolute Gasteiger partial charge is 0.225 e. The largest absolute Gasteiger partial charge is 0.493 e. The van der Waals surface area contributed by atoms with E-state index in [1.165, 1.54) is 0 Å². The van der Waals surface area contributed by atoms with E-state index in [1.807, 2.05) is 30.3 Å². The second kappa shape index (κ2) is 10.7. The van der Waals surface area contributed by atoms with E-state index >= 15 is 0 Å². The predicted molar refractivity (Wildman–Crippen MR) is 122 cm³/mol. The lowest BCUT2D eigenvalue weighted by Gasteiger charge is -2.34. The third-order valence-corrected chi connectivity index (χ3v) is 5.51. The first kappa shape index (κ1) is 21.1. The number of benzene rings is 2. The lowest BCUT2D eigenvalue weighted by molar-refractivity contribution is -0.121. The molecule has 3 aromatic rings. The molecular weight excluding hydrogens is 390 g/mol. The number of nitrogens with zero attached hydrogens (tertiary/aromatic N) is 4. The van der Waals surface area contributed by atoms with Crippen LogP contribution in [0.25, 0.3) is 10.8 Å². The summed E-state index contributed by atoms with van der Waals surface area (Å²) in [7, 11) is 0. The van der Waals surface area contributed by atoms with E-state index in [4.69, 9.17) is 4.74 Å². The summed E-state index contributed by atoms with van der Waals surface area (Å²) in [5.41, 5.74) is 0. The quantitative estimate of drug-likeness (QED) is 0.538. The van der Waals surface area contributed by atoms with E-state index in [1.54, 1.807) is 12.4 Å². The van der Waals surface area contributed by atoms with Gasteiger partial charge in [-0.3, -0.25) is 9.69 Å². The number of carbonyl (C=O) groups is 1. The highest BCUT2D eigenvalue weighted by atomic mass is 16.5. The Labute approximate surface area is 183 Å². The summed E-state index contributed by atoms with van der Waals surface area (Å²) >= 11 is 0. The molecule has 0 spiro atoms. The molecular formula is C24H29N5O2. The Morgan fingerprint density at radius 2 is 1.74 bits per heavy atom. The summed E-state index contributed by atoms with van der Waals surface area (Å²) in [5.74, 6) is 1.75. The van der Waals surface area contributed by atoms with Crippen molar-refractivity contribution in [1.82, 2.24) is 20.2 Å². The van der Waals surface area contributed by atoms with Gasteiger partial charge in [-0.25, -0.2) is 9.97 Å². The summed E-state index contributed by atoms with van der Waals surface area (Å²) in [6.45, 7) is 5.78. The third kappa shape index (κ3) is 5.92. The molecule has 1 saturated heterocycles. The van der Waals surface area contributed by atoms with Gasteiger partial charge in [-0.05, 0) is 23.9 Å². The Morgan fingerprint density at radius 1 is 0.968 bits per heavy atom. The molecule has 0 atom stereocenters. The molecule has 1 fully saturated rings. The van der Waals surface area contributed by atoms with Crippen molar-refractivity contribution in [3.05, 3.63) is 60.9 Å². The lowest BCUT2D eigenvalue weighted by atomic mass is 10.1. The normalized spacial score (nSPS) is 14.5. The Morgan fingerprint density at radius 3 is 2.58 bits per heavy atom. The first-order valence-corrected chi connectivity index (χ1v) is 10.9. The fourth-order valence-electron chi connectivity index (χ4n) is 3.80. The van der Waals surface area contributed by atoms with Crippen LogP contribution in [-0.4, -0.2) is 66.7 Å². The third-order valence-electron chi connectivity index (χ3n) is 5.51. The molecule has 2 aromatic carbocycles. The average Bonchev–Trinajstić information content (AvgIpc) is 2.83. The van der Waals surface area contributed by atoms with E-state index in [9.17, 15) is 4.79 Å². The molecule has 162 valence electrons. The second-order valence-corrected chi connectivity index (χ2v) is 7.66. The predicted octanol–water partition coefficient (Wildman–Crippen LogP) is 2.73. The number of carbonyl (C=O) groups excluding carboxylic acids is 1. The molecule has 0 radical (unpaired) electrons. The minimum Gasteiger partial charge on any atom is -0.493 e. The van der Waals surface area contributed by atoms with Crippen LogP contribution in [0.15, 0.2) is 60.9 Å². The van der Waals surface area contributed by atoms with E-state index in [0.29, 0.717) is 26.0 Å². The number of amides is 1. The molecule has 1 aliphatic rings. The van der Waals surface area contributed by atoms with Crippen LogP contribution in [0.1, 0.15) is 12.8 Å². The highest BCUT2D eigenvalue weighted by Crippen LogP contribution is 2.25. The molecule has 1 aliphatic heterocycles.